The second-order valence-corrected chi connectivity index (χ2v) is 4.86. The lowest BCUT2D eigenvalue weighted by Gasteiger charge is -2.15. The van der Waals surface area contributed by atoms with Crippen LogP contribution in [0, 0.1) is 0 Å². The van der Waals surface area contributed by atoms with Crippen molar-refractivity contribution in [3.8, 4) is 0 Å². The van der Waals surface area contributed by atoms with Gasteiger partial charge in [-0.25, -0.2) is 0 Å². The maximum Gasteiger partial charge on any atom is 0.397 e. The molecule has 3 nitrogen and oxygen atoms in total. The number of alkyl halides is 3. The summed E-state index contributed by atoms with van der Waals surface area (Å²) < 4.78 is 42.9. The average molecular weight is 249 g/mol. The largest absolute Gasteiger partial charge is 0.397 e. The number of halogens is 3. The van der Waals surface area contributed by atoms with Crippen LogP contribution in [0.1, 0.15) is 44.6 Å². The molecule has 0 amide bonds. The molecule has 6 heteroatoms. The third-order valence-corrected chi connectivity index (χ3v) is 2.35. The molecule has 1 unspecified atom stereocenters. The van der Waals surface area contributed by atoms with Gasteiger partial charge in [-0.05, 0) is 0 Å². The van der Waals surface area contributed by atoms with Crippen molar-refractivity contribution in [2.45, 2.75) is 44.7 Å². The van der Waals surface area contributed by atoms with Crippen LogP contribution < -0.4 is 0 Å². The van der Waals surface area contributed by atoms with Crippen molar-refractivity contribution < 1.29 is 22.5 Å². The number of aromatic nitrogens is 1. The van der Waals surface area contributed by atoms with E-state index in [1.165, 1.54) is 6.07 Å². The predicted molar refractivity (Wildman–Crippen MR) is 54.7 cm³/mol. The Morgan fingerprint density at radius 2 is 2.00 bits per heavy atom. The zero-order valence-electron chi connectivity index (χ0n) is 9.84. The van der Waals surface area contributed by atoms with Crippen molar-refractivity contribution >= 4 is 6.29 Å². The summed E-state index contributed by atoms with van der Waals surface area (Å²) in [6.45, 7) is 5.42. The Bertz CT molecular complexity index is 390. The van der Waals surface area contributed by atoms with E-state index in [-0.39, 0.29) is 12.0 Å². The normalized spacial score (nSPS) is 14.7. The molecule has 1 aromatic rings. The fourth-order valence-electron chi connectivity index (χ4n) is 1.32. The first-order valence-electron chi connectivity index (χ1n) is 5.13. The van der Waals surface area contributed by atoms with Gasteiger partial charge in [-0.1, -0.05) is 25.9 Å². The van der Waals surface area contributed by atoms with Crippen LogP contribution in [0.15, 0.2) is 10.6 Å². The standard InChI is InChI=1S/C11H14F3NO2/c1-10(2,3)9-6-8(15-17-9)7(4-5-16)11(12,13)14/h5-7H,4H2,1-3H3. The van der Waals surface area contributed by atoms with Crippen molar-refractivity contribution in [2.24, 2.45) is 0 Å². The van der Waals surface area contributed by atoms with Crippen molar-refractivity contribution in [3.05, 3.63) is 17.5 Å². The van der Waals surface area contributed by atoms with Crippen molar-refractivity contribution in [3.63, 3.8) is 0 Å². The van der Waals surface area contributed by atoms with Gasteiger partial charge in [0.2, 0.25) is 0 Å². The van der Waals surface area contributed by atoms with E-state index in [2.05, 4.69) is 5.16 Å². The first-order valence-corrected chi connectivity index (χ1v) is 5.13. The van der Waals surface area contributed by atoms with E-state index in [1.807, 2.05) is 0 Å². The molecule has 1 aromatic heterocycles. The van der Waals surface area contributed by atoms with Crippen molar-refractivity contribution in [2.75, 3.05) is 0 Å². The molecule has 0 spiro atoms. The highest BCUT2D eigenvalue weighted by atomic mass is 19.4. The number of rotatable bonds is 3. The molecule has 0 fully saturated rings. The summed E-state index contributed by atoms with van der Waals surface area (Å²) in [6, 6.07) is 1.27. The molecule has 0 saturated carbocycles. The van der Waals surface area contributed by atoms with Gasteiger partial charge in [0.25, 0.3) is 0 Å². The van der Waals surface area contributed by atoms with E-state index in [4.69, 9.17) is 4.52 Å². The van der Waals surface area contributed by atoms with E-state index < -0.39 is 23.9 Å². The first kappa shape index (κ1) is 13.7. The smallest absolute Gasteiger partial charge is 0.361 e. The Labute approximate surface area is 97.0 Å². The number of carbonyl (C=O) groups is 1. The molecule has 1 rings (SSSR count). The summed E-state index contributed by atoms with van der Waals surface area (Å²) >= 11 is 0. The molecule has 0 aliphatic rings. The maximum absolute atomic E-state index is 12.7. The summed E-state index contributed by atoms with van der Waals surface area (Å²) in [7, 11) is 0. The zero-order chi connectivity index (χ0) is 13.3. The molecule has 0 aliphatic heterocycles. The predicted octanol–water partition coefficient (Wildman–Crippen LogP) is 3.21. The Balaban J connectivity index is 3.04. The number of hydrogen-bond donors (Lipinski definition) is 0. The molecule has 96 valence electrons. The van der Waals surface area contributed by atoms with Crippen molar-refractivity contribution in [1.29, 1.82) is 0 Å². The second kappa shape index (κ2) is 4.50. The molecule has 0 aliphatic carbocycles. The number of nitrogens with zero attached hydrogens (tertiary/aromatic N) is 1. The molecule has 0 N–H and O–H groups in total. The van der Waals surface area contributed by atoms with Crippen LogP contribution in [0.3, 0.4) is 0 Å². The first-order chi connectivity index (χ1) is 7.66. The Kier molecular flexibility index (Phi) is 3.64. The molecule has 1 atom stereocenters. The second-order valence-electron chi connectivity index (χ2n) is 4.86. The third-order valence-electron chi connectivity index (χ3n) is 2.35. The van der Waals surface area contributed by atoms with E-state index in [0.29, 0.717) is 5.76 Å². The van der Waals surface area contributed by atoms with Gasteiger partial charge in [-0.2, -0.15) is 13.2 Å². The van der Waals surface area contributed by atoms with Gasteiger partial charge in [-0.3, -0.25) is 0 Å². The minimum Gasteiger partial charge on any atom is -0.361 e. The maximum atomic E-state index is 12.7. The van der Waals surface area contributed by atoms with E-state index in [0.717, 1.165) is 0 Å². The number of aldehydes is 1. The monoisotopic (exact) mass is 249 g/mol. The lowest BCUT2D eigenvalue weighted by atomic mass is 9.91. The number of hydrogen-bond acceptors (Lipinski definition) is 3. The lowest BCUT2D eigenvalue weighted by molar-refractivity contribution is -0.155. The van der Waals surface area contributed by atoms with Gasteiger partial charge in [0.15, 0.2) is 0 Å². The van der Waals surface area contributed by atoms with E-state index >= 15 is 0 Å². The zero-order valence-corrected chi connectivity index (χ0v) is 9.84. The van der Waals surface area contributed by atoms with Gasteiger partial charge in [0.05, 0.1) is 5.69 Å². The fraction of sp³-hybridized carbons (Fsp3) is 0.636. The van der Waals surface area contributed by atoms with Crippen LogP contribution in [0.25, 0.3) is 0 Å². The molecule has 0 radical (unpaired) electrons. The van der Waals surface area contributed by atoms with Gasteiger partial charge < -0.3 is 9.32 Å². The quantitative estimate of drug-likeness (QED) is 0.772. The Morgan fingerprint density at radius 3 is 2.35 bits per heavy atom. The molecular formula is C11H14F3NO2. The van der Waals surface area contributed by atoms with Crippen LogP contribution in [-0.4, -0.2) is 17.6 Å². The summed E-state index contributed by atoms with van der Waals surface area (Å²) in [5, 5.41) is 3.41. The number of carbonyl (C=O) groups excluding carboxylic acids is 1. The minimum atomic E-state index is -4.49. The topological polar surface area (TPSA) is 43.1 Å². The Morgan fingerprint density at radius 1 is 1.41 bits per heavy atom. The third kappa shape index (κ3) is 3.31. The van der Waals surface area contributed by atoms with E-state index in [1.54, 1.807) is 20.8 Å². The van der Waals surface area contributed by atoms with Crippen LogP contribution >= 0.6 is 0 Å². The molecule has 0 aromatic carbocycles. The fourth-order valence-corrected chi connectivity index (χ4v) is 1.32. The molecule has 0 saturated heterocycles. The summed E-state index contributed by atoms with van der Waals surface area (Å²) in [4.78, 5) is 10.3. The highest BCUT2D eigenvalue weighted by Crippen LogP contribution is 2.37. The highest BCUT2D eigenvalue weighted by Gasteiger charge is 2.42. The SMILES string of the molecule is CC(C)(C)c1cc(C(CC=O)C(F)(F)F)no1. The van der Waals surface area contributed by atoms with Gasteiger partial charge in [0, 0.05) is 17.9 Å². The molecule has 1 heterocycles. The van der Waals surface area contributed by atoms with Crippen LogP contribution in [-0.2, 0) is 10.2 Å². The van der Waals surface area contributed by atoms with Crippen LogP contribution in [0.5, 0.6) is 0 Å². The van der Waals surface area contributed by atoms with Gasteiger partial charge in [-0.15, -0.1) is 0 Å². The lowest BCUT2D eigenvalue weighted by Crippen LogP contribution is -2.21. The van der Waals surface area contributed by atoms with E-state index in [9.17, 15) is 18.0 Å². The van der Waals surface area contributed by atoms with Crippen LogP contribution in [0.4, 0.5) is 13.2 Å². The van der Waals surface area contributed by atoms with Crippen molar-refractivity contribution in [1.82, 2.24) is 5.16 Å². The summed E-state index contributed by atoms with van der Waals surface area (Å²) in [5.41, 5.74) is -0.655. The summed E-state index contributed by atoms with van der Waals surface area (Å²) in [6.07, 6.45) is -4.89. The molecule has 0 bridgehead atoms. The molecule has 17 heavy (non-hydrogen) atoms. The highest BCUT2D eigenvalue weighted by molar-refractivity contribution is 5.51. The Hall–Kier alpha value is -1.33. The van der Waals surface area contributed by atoms with Gasteiger partial charge in [0.1, 0.15) is 18.0 Å². The summed E-state index contributed by atoms with van der Waals surface area (Å²) in [5.74, 6) is -1.52. The minimum absolute atomic E-state index is 0.240. The van der Waals surface area contributed by atoms with Crippen LogP contribution in [0.2, 0.25) is 0 Å². The van der Waals surface area contributed by atoms with Gasteiger partial charge >= 0.3 is 6.18 Å². The average Bonchev–Trinajstić information content (AvgIpc) is 2.59. The molecular weight excluding hydrogens is 235 g/mol.